The summed E-state index contributed by atoms with van der Waals surface area (Å²) in [6.07, 6.45) is 0. The molecular formula is C16H14FNOS. The zero-order chi connectivity index (χ0) is 14.1. The SMILES string of the molecule is COc1ccc(C(N)c2cc3ccccc3s2)cc1F. The van der Waals surface area contributed by atoms with E-state index in [0.29, 0.717) is 0 Å². The van der Waals surface area contributed by atoms with Gasteiger partial charge in [0.1, 0.15) is 0 Å². The first kappa shape index (κ1) is 13.1. The van der Waals surface area contributed by atoms with Crippen LogP contribution in [0.5, 0.6) is 5.75 Å². The molecule has 1 atom stereocenters. The van der Waals surface area contributed by atoms with E-state index in [2.05, 4.69) is 18.2 Å². The Hall–Kier alpha value is -1.91. The van der Waals surface area contributed by atoms with Crippen LogP contribution in [-0.4, -0.2) is 7.11 Å². The molecule has 1 unspecified atom stereocenters. The lowest BCUT2D eigenvalue weighted by molar-refractivity contribution is 0.386. The lowest BCUT2D eigenvalue weighted by Gasteiger charge is -2.11. The van der Waals surface area contributed by atoms with Gasteiger partial charge in [0.25, 0.3) is 0 Å². The summed E-state index contributed by atoms with van der Waals surface area (Å²) in [4.78, 5) is 1.02. The van der Waals surface area contributed by atoms with Gasteiger partial charge in [-0.25, -0.2) is 4.39 Å². The van der Waals surface area contributed by atoms with E-state index in [1.165, 1.54) is 17.9 Å². The Kier molecular flexibility index (Phi) is 3.42. The molecule has 0 amide bonds. The summed E-state index contributed by atoms with van der Waals surface area (Å²) in [6, 6.07) is 14.7. The van der Waals surface area contributed by atoms with Gasteiger partial charge in [0.2, 0.25) is 0 Å². The van der Waals surface area contributed by atoms with Crippen molar-refractivity contribution in [3.05, 3.63) is 64.8 Å². The maximum atomic E-state index is 13.8. The Balaban J connectivity index is 1.99. The average Bonchev–Trinajstić information content (AvgIpc) is 2.90. The summed E-state index contributed by atoms with van der Waals surface area (Å²) in [5.74, 6) is -0.154. The molecule has 0 aliphatic carbocycles. The van der Waals surface area contributed by atoms with Gasteiger partial charge in [-0.15, -0.1) is 11.3 Å². The van der Waals surface area contributed by atoms with Crippen LogP contribution in [0.2, 0.25) is 0 Å². The molecule has 0 radical (unpaired) electrons. The van der Waals surface area contributed by atoms with E-state index in [1.807, 2.05) is 12.1 Å². The second-order valence-corrected chi connectivity index (χ2v) is 5.67. The highest BCUT2D eigenvalue weighted by Gasteiger charge is 2.14. The van der Waals surface area contributed by atoms with Crippen LogP contribution < -0.4 is 10.5 Å². The first-order chi connectivity index (χ1) is 9.69. The summed E-state index contributed by atoms with van der Waals surface area (Å²) in [6.45, 7) is 0. The molecule has 1 heterocycles. The number of halogens is 1. The molecule has 102 valence electrons. The van der Waals surface area contributed by atoms with E-state index < -0.39 is 0 Å². The van der Waals surface area contributed by atoms with Gasteiger partial charge in [0, 0.05) is 9.58 Å². The lowest BCUT2D eigenvalue weighted by Crippen LogP contribution is -2.10. The van der Waals surface area contributed by atoms with Crippen LogP contribution in [0.4, 0.5) is 4.39 Å². The van der Waals surface area contributed by atoms with Crippen molar-refractivity contribution in [2.24, 2.45) is 5.73 Å². The minimum atomic E-state index is -0.387. The molecule has 1 aromatic heterocycles. The molecule has 0 aliphatic heterocycles. The van der Waals surface area contributed by atoms with Gasteiger partial charge in [0.05, 0.1) is 13.2 Å². The normalized spacial score (nSPS) is 12.6. The first-order valence-electron chi connectivity index (χ1n) is 6.26. The fourth-order valence-electron chi connectivity index (χ4n) is 2.20. The number of ether oxygens (including phenoxy) is 1. The van der Waals surface area contributed by atoms with E-state index in [-0.39, 0.29) is 17.6 Å². The minimum absolute atomic E-state index is 0.234. The third kappa shape index (κ3) is 2.28. The van der Waals surface area contributed by atoms with Gasteiger partial charge in [0.15, 0.2) is 11.6 Å². The smallest absolute Gasteiger partial charge is 0.165 e. The maximum absolute atomic E-state index is 13.8. The van der Waals surface area contributed by atoms with Crippen LogP contribution in [-0.2, 0) is 0 Å². The molecule has 4 heteroatoms. The Morgan fingerprint density at radius 1 is 1.15 bits per heavy atom. The topological polar surface area (TPSA) is 35.2 Å². The van der Waals surface area contributed by atoms with Crippen LogP contribution in [0.1, 0.15) is 16.5 Å². The average molecular weight is 287 g/mol. The fourth-order valence-corrected chi connectivity index (χ4v) is 3.29. The molecule has 2 N–H and O–H groups in total. The summed E-state index contributed by atoms with van der Waals surface area (Å²) >= 11 is 1.64. The Bertz CT molecular complexity index is 720. The summed E-state index contributed by atoms with van der Waals surface area (Å²) in [7, 11) is 1.45. The van der Waals surface area contributed by atoms with Gasteiger partial charge in [-0.2, -0.15) is 0 Å². The van der Waals surface area contributed by atoms with Crippen molar-refractivity contribution >= 4 is 21.4 Å². The third-order valence-electron chi connectivity index (χ3n) is 3.29. The van der Waals surface area contributed by atoms with Crippen LogP contribution in [0.15, 0.2) is 48.5 Å². The van der Waals surface area contributed by atoms with Gasteiger partial charge in [-0.05, 0) is 35.2 Å². The molecule has 3 aromatic rings. The summed E-state index contributed by atoms with van der Waals surface area (Å²) < 4.78 is 19.9. The van der Waals surface area contributed by atoms with E-state index in [4.69, 9.17) is 10.5 Å². The number of nitrogens with two attached hydrogens (primary N) is 1. The van der Waals surface area contributed by atoms with Crippen LogP contribution in [0.25, 0.3) is 10.1 Å². The summed E-state index contributed by atoms with van der Waals surface area (Å²) in [5, 5.41) is 1.16. The summed E-state index contributed by atoms with van der Waals surface area (Å²) in [5.41, 5.74) is 6.99. The van der Waals surface area contributed by atoms with Crippen molar-refractivity contribution in [2.45, 2.75) is 6.04 Å². The predicted octanol–water partition coefficient (Wildman–Crippen LogP) is 4.10. The van der Waals surface area contributed by atoms with Crippen molar-refractivity contribution in [1.82, 2.24) is 0 Å². The first-order valence-corrected chi connectivity index (χ1v) is 7.08. The Labute approximate surface area is 120 Å². The number of rotatable bonds is 3. The van der Waals surface area contributed by atoms with Gasteiger partial charge >= 0.3 is 0 Å². The molecule has 0 saturated carbocycles. The number of methoxy groups -OCH3 is 1. The second kappa shape index (κ2) is 5.23. The van der Waals surface area contributed by atoms with Gasteiger partial charge in [-0.3, -0.25) is 0 Å². The number of thiophene rings is 1. The maximum Gasteiger partial charge on any atom is 0.165 e. The van der Waals surface area contributed by atoms with E-state index in [9.17, 15) is 4.39 Å². The molecule has 2 aromatic carbocycles. The molecule has 0 spiro atoms. The minimum Gasteiger partial charge on any atom is -0.494 e. The van der Waals surface area contributed by atoms with E-state index >= 15 is 0 Å². The lowest BCUT2D eigenvalue weighted by atomic mass is 10.1. The highest BCUT2D eigenvalue weighted by atomic mass is 32.1. The van der Waals surface area contributed by atoms with E-state index in [0.717, 1.165) is 15.8 Å². The monoisotopic (exact) mass is 287 g/mol. The van der Waals surface area contributed by atoms with Crippen molar-refractivity contribution < 1.29 is 9.13 Å². The molecule has 0 fully saturated rings. The standard InChI is InChI=1S/C16H14FNOS/c1-19-13-7-6-11(8-12(13)17)16(18)15-9-10-4-2-3-5-14(10)20-15/h2-9,16H,18H2,1H3. The van der Waals surface area contributed by atoms with Crippen molar-refractivity contribution in [2.75, 3.05) is 7.11 Å². The second-order valence-electron chi connectivity index (χ2n) is 4.56. The molecule has 3 rings (SSSR count). The van der Waals surface area contributed by atoms with Crippen molar-refractivity contribution in [1.29, 1.82) is 0 Å². The molecule has 20 heavy (non-hydrogen) atoms. The van der Waals surface area contributed by atoms with Crippen LogP contribution in [0, 0.1) is 5.82 Å². The van der Waals surface area contributed by atoms with Crippen LogP contribution >= 0.6 is 11.3 Å². The molecule has 0 saturated heterocycles. The Morgan fingerprint density at radius 2 is 1.95 bits per heavy atom. The number of fused-ring (bicyclic) bond motifs is 1. The number of hydrogen-bond acceptors (Lipinski definition) is 3. The Morgan fingerprint density at radius 3 is 2.65 bits per heavy atom. The molecule has 0 bridgehead atoms. The fraction of sp³-hybridized carbons (Fsp3) is 0.125. The number of hydrogen-bond donors (Lipinski definition) is 1. The van der Waals surface area contributed by atoms with Crippen LogP contribution in [0.3, 0.4) is 0 Å². The highest BCUT2D eigenvalue weighted by molar-refractivity contribution is 7.19. The van der Waals surface area contributed by atoms with Crippen molar-refractivity contribution in [3.8, 4) is 5.75 Å². The molecule has 0 aliphatic rings. The molecular weight excluding hydrogens is 273 g/mol. The quantitative estimate of drug-likeness (QED) is 0.787. The van der Waals surface area contributed by atoms with Crippen molar-refractivity contribution in [3.63, 3.8) is 0 Å². The molecule has 2 nitrogen and oxygen atoms in total. The third-order valence-corrected chi connectivity index (χ3v) is 4.49. The number of benzene rings is 2. The largest absolute Gasteiger partial charge is 0.494 e. The van der Waals surface area contributed by atoms with E-state index in [1.54, 1.807) is 23.5 Å². The zero-order valence-corrected chi connectivity index (χ0v) is 11.8. The predicted molar refractivity (Wildman–Crippen MR) is 80.8 cm³/mol. The van der Waals surface area contributed by atoms with Gasteiger partial charge < -0.3 is 10.5 Å². The van der Waals surface area contributed by atoms with Gasteiger partial charge in [-0.1, -0.05) is 24.3 Å². The zero-order valence-electron chi connectivity index (χ0n) is 11.0. The highest BCUT2D eigenvalue weighted by Crippen LogP contribution is 2.32.